The SMILES string of the molecule is CCC(C)c1nc(NC(=O)C(F)(F)F)sc1-c1ccnc(Nc2cc(OC)ccc2OC)n1. The zero-order valence-electron chi connectivity index (χ0n) is 18.3. The number of thiazole rings is 1. The molecule has 2 aromatic heterocycles. The van der Waals surface area contributed by atoms with Gasteiger partial charge in [0.2, 0.25) is 5.95 Å². The van der Waals surface area contributed by atoms with Gasteiger partial charge >= 0.3 is 12.1 Å². The van der Waals surface area contributed by atoms with Gasteiger partial charge in [-0.05, 0) is 30.5 Å². The van der Waals surface area contributed by atoms with E-state index in [4.69, 9.17) is 9.47 Å². The molecule has 0 radical (unpaired) electrons. The summed E-state index contributed by atoms with van der Waals surface area (Å²) in [5.41, 5.74) is 1.57. The summed E-state index contributed by atoms with van der Waals surface area (Å²) in [5.74, 6) is -0.768. The molecule has 2 N–H and O–H groups in total. The number of hydrogen-bond acceptors (Lipinski definition) is 8. The number of carbonyl (C=O) groups excluding carboxylic acids is 1. The van der Waals surface area contributed by atoms with Crippen LogP contribution in [0.4, 0.5) is 29.9 Å². The summed E-state index contributed by atoms with van der Waals surface area (Å²) in [7, 11) is 3.06. The van der Waals surface area contributed by atoms with Crippen LogP contribution in [0.5, 0.6) is 11.5 Å². The molecule has 3 rings (SSSR count). The zero-order chi connectivity index (χ0) is 24.2. The van der Waals surface area contributed by atoms with E-state index in [1.165, 1.54) is 20.4 Å². The minimum absolute atomic E-state index is 0.0716. The molecule has 0 saturated carbocycles. The molecule has 33 heavy (non-hydrogen) atoms. The molecule has 2 heterocycles. The van der Waals surface area contributed by atoms with Crippen molar-refractivity contribution in [2.75, 3.05) is 24.9 Å². The molecule has 0 aliphatic carbocycles. The smallest absolute Gasteiger partial charge is 0.471 e. The normalized spacial score (nSPS) is 12.2. The van der Waals surface area contributed by atoms with Crippen LogP contribution in [-0.4, -0.2) is 41.3 Å². The van der Waals surface area contributed by atoms with Crippen molar-refractivity contribution in [1.82, 2.24) is 15.0 Å². The Hall–Kier alpha value is -3.41. The van der Waals surface area contributed by atoms with Crippen LogP contribution in [0, 0.1) is 0 Å². The quantitative estimate of drug-likeness (QED) is 0.446. The van der Waals surface area contributed by atoms with E-state index < -0.39 is 12.1 Å². The molecular formula is C21H22F3N5O3S. The van der Waals surface area contributed by atoms with Crippen LogP contribution in [0.2, 0.25) is 0 Å². The van der Waals surface area contributed by atoms with Gasteiger partial charge in [-0.2, -0.15) is 13.2 Å². The van der Waals surface area contributed by atoms with Crippen molar-refractivity contribution in [2.24, 2.45) is 0 Å². The van der Waals surface area contributed by atoms with Crippen molar-refractivity contribution < 1.29 is 27.4 Å². The number of anilines is 3. The Bertz CT molecular complexity index is 1140. The van der Waals surface area contributed by atoms with Crippen molar-refractivity contribution in [3.05, 3.63) is 36.2 Å². The van der Waals surface area contributed by atoms with Crippen molar-refractivity contribution in [1.29, 1.82) is 0 Å². The number of methoxy groups -OCH3 is 2. The van der Waals surface area contributed by atoms with Gasteiger partial charge in [0.25, 0.3) is 0 Å². The summed E-state index contributed by atoms with van der Waals surface area (Å²) in [4.78, 5) is 24.9. The third-order valence-electron chi connectivity index (χ3n) is 4.75. The molecule has 1 unspecified atom stereocenters. The van der Waals surface area contributed by atoms with E-state index in [1.807, 2.05) is 19.2 Å². The summed E-state index contributed by atoms with van der Waals surface area (Å²) in [6.45, 7) is 3.83. The maximum absolute atomic E-state index is 12.7. The topological polar surface area (TPSA) is 98.3 Å². The first-order valence-corrected chi connectivity index (χ1v) is 10.7. The largest absolute Gasteiger partial charge is 0.497 e. The molecule has 0 aliphatic heterocycles. The second kappa shape index (κ2) is 10.0. The second-order valence-electron chi connectivity index (χ2n) is 6.95. The maximum Gasteiger partial charge on any atom is 0.471 e. The molecule has 176 valence electrons. The monoisotopic (exact) mass is 481 g/mol. The highest BCUT2D eigenvalue weighted by atomic mass is 32.1. The summed E-state index contributed by atoms with van der Waals surface area (Å²) in [5, 5.41) is 4.75. The first-order chi connectivity index (χ1) is 15.7. The van der Waals surface area contributed by atoms with E-state index in [9.17, 15) is 18.0 Å². The van der Waals surface area contributed by atoms with Crippen LogP contribution in [0.15, 0.2) is 30.5 Å². The standard InChI is InChI=1S/C21H22F3N5O3S/c1-5-11(2)16-17(33-20(28-16)29-18(30)21(22,23)24)13-8-9-25-19(26-13)27-14-10-12(31-3)6-7-15(14)32-4/h6-11H,5H2,1-4H3,(H,25,26,27)(H,28,29,30). The van der Waals surface area contributed by atoms with Gasteiger partial charge in [0, 0.05) is 12.3 Å². The van der Waals surface area contributed by atoms with Crippen molar-refractivity contribution >= 4 is 34.0 Å². The van der Waals surface area contributed by atoms with Gasteiger partial charge < -0.3 is 14.8 Å². The Labute approximate surface area is 192 Å². The number of hydrogen-bond donors (Lipinski definition) is 2. The van der Waals surface area contributed by atoms with Gasteiger partial charge in [0.05, 0.1) is 36.2 Å². The van der Waals surface area contributed by atoms with Crippen molar-refractivity contribution in [2.45, 2.75) is 32.4 Å². The first kappa shape index (κ1) is 24.2. The second-order valence-corrected chi connectivity index (χ2v) is 7.95. The molecule has 3 aromatic rings. The van der Waals surface area contributed by atoms with E-state index >= 15 is 0 Å². The average molecular weight is 482 g/mol. The molecule has 1 atom stereocenters. The summed E-state index contributed by atoms with van der Waals surface area (Å²) in [6.07, 6.45) is -2.80. The van der Waals surface area contributed by atoms with Crippen molar-refractivity contribution in [3.8, 4) is 22.1 Å². The number of ether oxygens (including phenoxy) is 2. The van der Waals surface area contributed by atoms with E-state index in [1.54, 1.807) is 24.3 Å². The van der Waals surface area contributed by atoms with Crippen LogP contribution in [0.3, 0.4) is 0 Å². The number of carbonyl (C=O) groups is 1. The fraction of sp³-hybridized carbons (Fsp3) is 0.333. The number of nitrogens with one attached hydrogen (secondary N) is 2. The average Bonchev–Trinajstić information content (AvgIpc) is 3.22. The van der Waals surface area contributed by atoms with E-state index in [0.717, 1.165) is 11.3 Å². The van der Waals surface area contributed by atoms with Gasteiger partial charge in [-0.3, -0.25) is 10.1 Å². The third-order valence-corrected chi connectivity index (χ3v) is 5.76. The van der Waals surface area contributed by atoms with E-state index in [-0.39, 0.29) is 17.0 Å². The van der Waals surface area contributed by atoms with Crippen LogP contribution >= 0.6 is 11.3 Å². The fourth-order valence-corrected chi connectivity index (χ4v) is 3.89. The highest BCUT2D eigenvalue weighted by Gasteiger charge is 2.39. The Morgan fingerprint density at radius 3 is 2.58 bits per heavy atom. The Morgan fingerprint density at radius 2 is 1.94 bits per heavy atom. The van der Waals surface area contributed by atoms with Crippen LogP contribution in [-0.2, 0) is 4.79 Å². The number of halogens is 3. The molecule has 1 amide bonds. The zero-order valence-corrected chi connectivity index (χ0v) is 19.1. The van der Waals surface area contributed by atoms with Gasteiger partial charge in [-0.25, -0.2) is 15.0 Å². The molecule has 0 fully saturated rings. The lowest BCUT2D eigenvalue weighted by Crippen LogP contribution is -2.29. The van der Waals surface area contributed by atoms with Gasteiger partial charge in [-0.1, -0.05) is 25.2 Å². The highest BCUT2D eigenvalue weighted by molar-refractivity contribution is 7.19. The lowest BCUT2D eigenvalue weighted by molar-refractivity contribution is -0.167. The minimum atomic E-state index is -5.01. The number of aromatic nitrogens is 3. The molecular weight excluding hydrogens is 459 g/mol. The number of amides is 1. The Balaban J connectivity index is 1.97. The fourth-order valence-electron chi connectivity index (χ4n) is 2.84. The lowest BCUT2D eigenvalue weighted by Gasteiger charge is -2.12. The first-order valence-electron chi connectivity index (χ1n) is 9.87. The Morgan fingerprint density at radius 1 is 1.18 bits per heavy atom. The number of benzene rings is 1. The van der Waals surface area contributed by atoms with Crippen LogP contribution < -0.4 is 20.1 Å². The summed E-state index contributed by atoms with van der Waals surface area (Å²) < 4.78 is 48.6. The molecule has 0 spiro atoms. The molecule has 12 heteroatoms. The molecule has 1 aromatic carbocycles. The third kappa shape index (κ3) is 5.69. The number of rotatable bonds is 8. The van der Waals surface area contributed by atoms with E-state index in [2.05, 4.69) is 20.3 Å². The predicted octanol–water partition coefficient (Wildman–Crippen LogP) is 5.38. The molecule has 8 nitrogen and oxygen atoms in total. The molecule has 0 saturated heterocycles. The predicted molar refractivity (Wildman–Crippen MR) is 119 cm³/mol. The van der Waals surface area contributed by atoms with Crippen LogP contribution in [0.25, 0.3) is 10.6 Å². The van der Waals surface area contributed by atoms with Crippen LogP contribution in [0.1, 0.15) is 31.9 Å². The highest BCUT2D eigenvalue weighted by Crippen LogP contribution is 2.38. The van der Waals surface area contributed by atoms with Gasteiger partial charge in [0.1, 0.15) is 11.5 Å². The van der Waals surface area contributed by atoms with Gasteiger partial charge in [0.15, 0.2) is 5.13 Å². The lowest BCUT2D eigenvalue weighted by atomic mass is 10.0. The molecule has 0 aliphatic rings. The van der Waals surface area contributed by atoms with E-state index in [0.29, 0.717) is 39.9 Å². The number of nitrogens with zero attached hydrogens (tertiary/aromatic N) is 3. The number of alkyl halides is 3. The van der Waals surface area contributed by atoms with Crippen molar-refractivity contribution in [3.63, 3.8) is 0 Å². The Kier molecular flexibility index (Phi) is 7.36. The van der Waals surface area contributed by atoms with Gasteiger partial charge in [-0.15, -0.1) is 0 Å². The molecule has 0 bridgehead atoms. The summed E-state index contributed by atoms with van der Waals surface area (Å²) >= 11 is 0.924. The summed E-state index contributed by atoms with van der Waals surface area (Å²) in [6, 6.07) is 6.82. The minimum Gasteiger partial charge on any atom is -0.497 e. The maximum atomic E-state index is 12.7.